The zero-order valence-corrected chi connectivity index (χ0v) is 8.19. The van der Waals surface area contributed by atoms with Gasteiger partial charge in [0.2, 0.25) is 5.91 Å². The fourth-order valence-corrected chi connectivity index (χ4v) is 0.962. The molecule has 1 aromatic rings. The number of primary amides is 1. The summed E-state index contributed by atoms with van der Waals surface area (Å²) in [5.74, 6) is -0.223. The second-order valence-electron chi connectivity index (χ2n) is 3.00. The quantitative estimate of drug-likeness (QED) is 0.632. The summed E-state index contributed by atoms with van der Waals surface area (Å²) >= 11 is 0. The van der Waals surface area contributed by atoms with Crippen molar-refractivity contribution >= 4 is 17.4 Å². The Morgan fingerprint density at radius 1 is 1.73 bits per heavy atom. The third-order valence-electron chi connectivity index (χ3n) is 1.89. The van der Waals surface area contributed by atoms with Crippen molar-refractivity contribution in [2.75, 3.05) is 11.1 Å². The van der Waals surface area contributed by atoms with E-state index in [2.05, 4.69) is 10.3 Å². The van der Waals surface area contributed by atoms with E-state index in [4.69, 9.17) is 16.7 Å². The highest BCUT2D eigenvalue weighted by Gasteiger charge is 2.12. The van der Waals surface area contributed by atoms with E-state index in [0.29, 0.717) is 11.4 Å². The lowest BCUT2D eigenvalue weighted by molar-refractivity contribution is -0.118. The van der Waals surface area contributed by atoms with Crippen molar-refractivity contribution in [3.05, 3.63) is 17.8 Å². The first-order valence-corrected chi connectivity index (χ1v) is 4.26. The summed E-state index contributed by atoms with van der Waals surface area (Å²) in [6, 6.07) is 2.82. The number of aromatic nitrogens is 1. The second-order valence-corrected chi connectivity index (χ2v) is 3.00. The molecule has 6 nitrogen and oxygen atoms in total. The number of nitrogens with zero attached hydrogens (tertiary/aromatic N) is 2. The van der Waals surface area contributed by atoms with E-state index in [1.807, 2.05) is 6.07 Å². The van der Waals surface area contributed by atoms with E-state index in [-0.39, 0.29) is 5.69 Å². The van der Waals surface area contributed by atoms with Gasteiger partial charge in [0.1, 0.15) is 12.1 Å². The highest BCUT2D eigenvalue weighted by molar-refractivity contribution is 5.83. The Morgan fingerprint density at radius 2 is 2.40 bits per heavy atom. The standard InChI is InChI=1S/C9H11N5O/c1-5(8(12)15)14-9-7(11)6(4-10)2-3-13-9/h2-3,5H,11H2,1H3,(H2,12,15)(H,13,14). The number of hydrogen-bond donors (Lipinski definition) is 3. The Hall–Kier alpha value is -2.29. The van der Waals surface area contributed by atoms with Gasteiger partial charge in [-0.15, -0.1) is 0 Å². The molecule has 1 unspecified atom stereocenters. The van der Waals surface area contributed by atoms with Gasteiger partial charge in [-0.1, -0.05) is 0 Å². The Kier molecular flexibility index (Phi) is 3.08. The van der Waals surface area contributed by atoms with Crippen LogP contribution in [0.25, 0.3) is 0 Å². The van der Waals surface area contributed by atoms with Crippen molar-refractivity contribution in [1.82, 2.24) is 4.98 Å². The van der Waals surface area contributed by atoms with Crippen LogP contribution in [0.5, 0.6) is 0 Å². The fraction of sp³-hybridized carbons (Fsp3) is 0.222. The number of rotatable bonds is 3. The number of pyridine rings is 1. The van der Waals surface area contributed by atoms with Gasteiger partial charge in [0.25, 0.3) is 0 Å². The van der Waals surface area contributed by atoms with Crippen LogP contribution in [0.3, 0.4) is 0 Å². The van der Waals surface area contributed by atoms with Crippen LogP contribution in [-0.4, -0.2) is 16.9 Å². The van der Waals surface area contributed by atoms with E-state index in [1.54, 1.807) is 6.92 Å². The molecule has 78 valence electrons. The Balaban J connectivity index is 2.97. The summed E-state index contributed by atoms with van der Waals surface area (Å²) in [6.07, 6.45) is 1.44. The molecule has 0 aromatic carbocycles. The molecule has 15 heavy (non-hydrogen) atoms. The van der Waals surface area contributed by atoms with Crippen LogP contribution >= 0.6 is 0 Å². The average molecular weight is 205 g/mol. The number of nitriles is 1. The third kappa shape index (κ3) is 2.34. The SMILES string of the molecule is CC(Nc1nccc(C#N)c1N)C(N)=O. The minimum absolute atomic E-state index is 0.216. The third-order valence-corrected chi connectivity index (χ3v) is 1.89. The number of nitrogen functional groups attached to an aromatic ring is 1. The van der Waals surface area contributed by atoms with Crippen LogP contribution in [0, 0.1) is 11.3 Å². The van der Waals surface area contributed by atoms with Gasteiger partial charge in [-0.3, -0.25) is 4.79 Å². The van der Waals surface area contributed by atoms with E-state index in [9.17, 15) is 4.79 Å². The number of nitrogens with two attached hydrogens (primary N) is 2. The first kappa shape index (κ1) is 10.8. The van der Waals surface area contributed by atoms with Gasteiger partial charge in [0.15, 0.2) is 5.82 Å². The zero-order chi connectivity index (χ0) is 11.4. The Bertz CT molecular complexity index is 423. The maximum absolute atomic E-state index is 10.8. The Labute approximate surface area is 86.9 Å². The molecule has 0 aliphatic heterocycles. The van der Waals surface area contributed by atoms with E-state index < -0.39 is 11.9 Å². The van der Waals surface area contributed by atoms with Crippen molar-refractivity contribution in [2.45, 2.75) is 13.0 Å². The predicted molar refractivity (Wildman–Crippen MR) is 55.6 cm³/mol. The molecular formula is C9H11N5O. The summed E-state index contributed by atoms with van der Waals surface area (Å²) in [5, 5.41) is 11.4. The molecule has 0 bridgehead atoms. The first-order chi connectivity index (χ1) is 7.06. The fourth-order valence-electron chi connectivity index (χ4n) is 0.962. The molecular weight excluding hydrogens is 194 g/mol. The molecule has 0 aliphatic rings. The lowest BCUT2D eigenvalue weighted by atomic mass is 10.2. The van der Waals surface area contributed by atoms with Crippen LogP contribution in [-0.2, 0) is 4.79 Å². The summed E-state index contributed by atoms with van der Waals surface area (Å²) in [4.78, 5) is 14.7. The van der Waals surface area contributed by atoms with Crippen LogP contribution < -0.4 is 16.8 Å². The maximum Gasteiger partial charge on any atom is 0.239 e. The zero-order valence-electron chi connectivity index (χ0n) is 8.19. The number of amides is 1. The molecule has 6 heteroatoms. The number of carbonyl (C=O) groups excluding carboxylic acids is 1. The largest absolute Gasteiger partial charge is 0.395 e. The van der Waals surface area contributed by atoms with Gasteiger partial charge >= 0.3 is 0 Å². The van der Waals surface area contributed by atoms with Crippen molar-refractivity contribution in [1.29, 1.82) is 5.26 Å². The number of nitrogens with one attached hydrogen (secondary N) is 1. The van der Waals surface area contributed by atoms with Crippen LogP contribution in [0.15, 0.2) is 12.3 Å². The van der Waals surface area contributed by atoms with Gasteiger partial charge in [0.05, 0.1) is 11.3 Å². The van der Waals surface area contributed by atoms with Crippen molar-refractivity contribution in [2.24, 2.45) is 5.73 Å². The molecule has 0 spiro atoms. The monoisotopic (exact) mass is 205 g/mol. The second kappa shape index (κ2) is 4.28. The van der Waals surface area contributed by atoms with Gasteiger partial charge in [-0.2, -0.15) is 5.26 Å². The van der Waals surface area contributed by atoms with E-state index >= 15 is 0 Å². The minimum Gasteiger partial charge on any atom is -0.395 e. The summed E-state index contributed by atoms with van der Waals surface area (Å²) < 4.78 is 0. The minimum atomic E-state index is -0.589. The topological polar surface area (TPSA) is 118 Å². The first-order valence-electron chi connectivity index (χ1n) is 4.26. The molecule has 0 saturated carbocycles. The smallest absolute Gasteiger partial charge is 0.239 e. The lowest BCUT2D eigenvalue weighted by Gasteiger charge is -2.12. The van der Waals surface area contributed by atoms with Crippen molar-refractivity contribution in [3.8, 4) is 6.07 Å². The molecule has 1 atom stereocenters. The summed E-state index contributed by atoms with van der Waals surface area (Å²) in [7, 11) is 0. The molecule has 0 saturated heterocycles. The van der Waals surface area contributed by atoms with Crippen molar-refractivity contribution < 1.29 is 4.79 Å². The van der Waals surface area contributed by atoms with Crippen LogP contribution in [0.2, 0.25) is 0 Å². The van der Waals surface area contributed by atoms with Gasteiger partial charge in [-0.05, 0) is 13.0 Å². The normalized spacial score (nSPS) is 11.5. The number of anilines is 2. The maximum atomic E-state index is 10.8. The lowest BCUT2D eigenvalue weighted by Crippen LogP contribution is -2.33. The molecule has 5 N–H and O–H groups in total. The highest BCUT2D eigenvalue weighted by atomic mass is 16.1. The molecule has 1 heterocycles. The number of hydrogen-bond acceptors (Lipinski definition) is 5. The van der Waals surface area contributed by atoms with Gasteiger partial charge < -0.3 is 16.8 Å². The Morgan fingerprint density at radius 3 is 2.93 bits per heavy atom. The molecule has 0 radical (unpaired) electrons. The predicted octanol–water partition coefficient (Wildman–Crippen LogP) is -0.179. The van der Waals surface area contributed by atoms with E-state index in [1.165, 1.54) is 12.3 Å². The van der Waals surface area contributed by atoms with Gasteiger partial charge in [-0.25, -0.2) is 4.98 Å². The molecule has 0 fully saturated rings. The summed E-state index contributed by atoms with van der Waals surface area (Å²) in [6.45, 7) is 1.59. The van der Waals surface area contributed by atoms with E-state index in [0.717, 1.165) is 0 Å². The van der Waals surface area contributed by atoms with Crippen LogP contribution in [0.1, 0.15) is 12.5 Å². The molecule has 1 amide bonds. The molecule has 1 rings (SSSR count). The summed E-state index contributed by atoms with van der Waals surface area (Å²) in [5.41, 5.74) is 11.2. The van der Waals surface area contributed by atoms with Crippen molar-refractivity contribution in [3.63, 3.8) is 0 Å². The van der Waals surface area contributed by atoms with Crippen LogP contribution in [0.4, 0.5) is 11.5 Å². The highest BCUT2D eigenvalue weighted by Crippen LogP contribution is 2.19. The average Bonchev–Trinajstić information content (AvgIpc) is 2.21. The molecule has 1 aromatic heterocycles. The molecule has 0 aliphatic carbocycles. The number of carbonyl (C=O) groups is 1. The van der Waals surface area contributed by atoms with Gasteiger partial charge in [0, 0.05) is 6.20 Å².